The second-order valence-electron chi connectivity index (χ2n) is 5.42. The minimum absolute atomic E-state index is 0.00851. The van der Waals surface area contributed by atoms with Gasteiger partial charge in [-0.15, -0.1) is 0 Å². The Labute approximate surface area is 147 Å². The smallest absolute Gasteiger partial charge is 0.251 e. The van der Waals surface area contributed by atoms with Crippen molar-refractivity contribution in [3.8, 4) is 0 Å². The highest BCUT2D eigenvalue weighted by atomic mass is 35.5. The number of hydrogen-bond acceptors (Lipinski definition) is 3. The van der Waals surface area contributed by atoms with Crippen molar-refractivity contribution >= 4 is 17.5 Å². The molecular formula is C18H22ClN3O2. The van der Waals surface area contributed by atoms with Crippen LogP contribution in [-0.4, -0.2) is 30.4 Å². The molecule has 1 aromatic heterocycles. The molecule has 0 fully saturated rings. The van der Waals surface area contributed by atoms with E-state index in [9.17, 15) is 10.0 Å². The number of carbonyl (C=O) groups is 1. The highest BCUT2D eigenvalue weighted by molar-refractivity contribution is 6.31. The second-order valence-corrected chi connectivity index (χ2v) is 5.82. The van der Waals surface area contributed by atoms with Crippen LogP contribution in [0.3, 0.4) is 0 Å². The first kappa shape index (κ1) is 18.2. The summed E-state index contributed by atoms with van der Waals surface area (Å²) in [4.78, 5) is 14.6. The second kappa shape index (κ2) is 8.66. The van der Waals surface area contributed by atoms with E-state index in [1.54, 1.807) is 0 Å². The monoisotopic (exact) mass is 347 g/mol. The van der Waals surface area contributed by atoms with Crippen LogP contribution in [0.4, 0.5) is 0 Å². The van der Waals surface area contributed by atoms with Crippen LogP contribution in [0, 0.1) is 5.21 Å². The van der Waals surface area contributed by atoms with Gasteiger partial charge in [0, 0.05) is 23.7 Å². The Morgan fingerprint density at radius 2 is 1.83 bits per heavy atom. The van der Waals surface area contributed by atoms with Crippen molar-refractivity contribution in [2.45, 2.75) is 19.9 Å². The van der Waals surface area contributed by atoms with E-state index in [0.29, 0.717) is 21.9 Å². The molecule has 0 aliphatic carbocycles. The summed E-state index contributed by atoms with van der Waals surface area (Å²) < 4.78 is 0.652. The molecule has 5 nitrogen and oxygen atoms in total. The zero-order valence-electron chi connectivity index (χ0n) is 13.9. The van der Waals surface area contributed by atoms with E-state index < -0.39 is 0 Å². The molecule has 0 radical (unpaired) electrons. The summed E-state index contributed by atoms with van der Waals surface area (Å²) in [7, 11) is 0. The Balaban J connectivity index is 2.15. The van der Waals surface area contributed by atoms with Crippen molar-refractivity contribution in [3.63, 3.8) is 0 Å². The topological polar surface area (TPSA) is 59.3 Å². The summed E-state index contributed by atoms with van der Waals surface area (Å²) in [6.45, 7) is 6.31. The standard InChI is InChI=1S/C18H22ClN3O2/c1-3-21(4-2)17(15-7-5-6-8-16(15)19)13-20-18(23)14-9-11-22(24)12-10-14/h5-12,17H,3-4,13H2,1-2H3,(H,20,23). The third-order valence-electron chi connectivity index (χ3n) is 4.04. The molecule has 0 aliphatic heterocycles. The number of halogens is 1. The third kappa shape index (κ3) is 4.46. The Morgan fingerprint density at radius 3 is 2.42 bits per heavy atom. The Bertz CT molecular complexity index is 672. The third-order valence-corrected chi connectivity index (χ3v) is 4.38. The van der Waals surface area contributed by atoms with E-state index in [-0.39, 0.29) is 11.9 Å². The van der Waals surface area contributed by atoms with Gasteiger partial charge in [0.05, 0.1) is 11.6 Å². The van der Waals surface area contributed by atoms with Crippen LogP contribution in [0.5, 0.6) is 0 Å². The number of rotatable bonds is 7. The summed E-state index contributed by atoms with van der Waals surface area (Å²) in [5.41, 5.74) is 1.45. The lowest BCUT2D eigenvalue weighted by atomic mass is 10.0. The van der Waals surface area contributed by atoms with Gasteiger partial charge in [-0.05, 0) is 24.7 Å². The van der Waals surface area contributed by atoms with Gasteiger partial charge in [-0.2, -0.15) is 4.73 Å². The molecule has 0 saturated heterocycles. The van der Waals surface area contributed by atoms with Gasteiger partial charge in [0.25, 0.3) is 5.91 Å². The van der Waals surface area contributed by atoms with Crippen molar-refractivity contribution in [2.24, 2.45) is 0 Å². The molecule has 0 spiro atoms. The Kier molecular flexibility index (Phi) is 6.58. The molecule has 0 aliphatic rings. The number of pyridine rings is 1. The van der Waals surface area contributed by atoms with Crippen LogP contribution in [0.2, 0.25) is 5.02 Å². The van der Waals surface area contributed by atoms with Crippen LogP contribution in [-0.2, 0) is 0 Å². The first-order valence-corrected chi connectivity index (χ1v) is 8.40. The van der Waals surface area contributed by atoms with E-state index in [2.05, 4.69) is 24.1 Å². The fourth-order valence-corrected chi connectivity index (χ4v) is 2.96. The number of aromatic nitrogens is 1. The summed E-state index contributed by atoms with van der Waals surface area (Å²) in [5, 5.41) is 14.7. The van der Waals surface area contributed by atoms with Crippen LogP contribution in [0.15, 0.2) is 48.8 Å². The molecule has 6 heteroatoms. The fraction of sp³-hybridized carbons (Fsp3) is 0.333. The number of hydrogen-bond donors (Lipinski definition) is 1. The van der Waals surface area contributed by atoms with Crippen molar-refractivity contribution in [1.29, 1.82) is 0 Å². The van der Waals surface area contributed by atoms with Gasteiger partial charge in [-0.25, -0.2) is 0 Å². The summed E-state index contributed by atoms with van der Waals surface area (Å²) >= 11 is 6.35. The molecule has 24 heavy (non-hydrogen) atoms. The number of amides is 1. The number of likely N-dealkylation sites (N-methyl/N-ethyl adjacent to an activating group) is 1. The zero-order valence-corrected chi connectivity index (χ0v) is 14.7. The molecular weight excluding hydrogens is 326 g/mol. The van der Waals surface area contributed by atoms with Crippen LogP contribution in [0.1, 0.15) is 35.8 Å². The van der Waals surface area contributed by atoms with Gasteiger partial charge in [0.1, 0.15) is 0 Å². The summed E-state index contributed by atoms with van der Waals surface area (Å²) in [5.74, 6) is -0.209. The van der Waals surface area contributed by atoms with E-state index in [4.69, 9.17) is 11.6 Å². The van der Waals surface area contributed by atoms with Gasteiger partial charge in [0.2, 0.25) is 0 Å². The minimum atomic E-state index is -0.209. The molecule has 1 N–H and O–H groups in total. The molecule has 1 unspecified atom stereocenters. The number of nitrogens with one attached hydrogen (secondary N) is 1. The van der Waals surface area contributed by atoms with Crippen LogP contribution >= 0.6 is 11.6 Å². The molecule has 1 amide bonds. The van der Waals surface area contributed by atoms with E-state index in [1.165, 1.54) is 24.5 Å². The lowest BCUT2D eigenvalue weighted by Gasteiger charge is -2.30. The number of carbonyl (C=O) groups excluding carboxylic acids is 1. The highest BCUT2D eigenvalue weighted by Crippen LogP contribution is 2.27. The zero-order chi connectivity index (χ0) is 17.5. The van der Waals surface area contributed by atoms with Crippen molar-refractivity contribution in [1.82, 2.24) is 10.2 Å². The molecule has 0 saturated carbocycles. The van der Waals surface area contributed by atoms with Crippen molar-refractivity contribution in [3.05, 3.63) is 70.1 Å². The molecule has 1 aromatic carbocycles. The quantitative estimate of drug-likeness (QED) is 0.619. The highest BCUT2D eigenvalue weighted by Gasteiger charge is 2.21. The van der Waals surface area contributed by atoms with Crippen molar-refractivity contribution in [2.75, 3.05) is 19.6 Å². The van der Waals surface area contributed by atoms with Gasteiger partial charge >= 0.3 is 0 Å². The molecule has 128 valence electrons. The molecule has 0 bridgehead atoms. The van der Waals surface area contributed by atoms with Crippen LogP contribution < -0.4 is 10.0 Å². The maximum Gasteiger partial charge on any atom is 0.251 e. The van der Waals surface area contributed by atoms with Gasteiger partial charge in [-0.3, -0.25) is 9.69 Å². The van der Waals surface area contributed by atoms with E-state index in [1.807, 2.05) is 24.3 Å². The Hall–Kier alpha value is -2.11. The van der Waals surface area contributed by atoms with Crippen LogP contribution in [0.25, 0.3) is 0 Å². The normalized spacial score (nSPS) is 12.2. The summed E-state index contributed by atoms with van der Waals surface area (Å²) in [6, 6.07) is 10.7. The summed E-state index contributed by atoms with van der Waals surface area (Å²) in [6.07, 6.45) is 2.62. The SMILES string of the molecule is CCN(CC)C(CNC(=O)c1cc[n+]([O-])cc1)c1ccccc1Cl. The first-order valence-electron chi connectivity index (χ1n) is 8.02. The molecule has 1 heterocycles. The number of nitrogens with zero attached hydrogens (tertiary/aromatic N) is 2. The van der Waals surface area contributed by atoms with Gasteiger partial charge in [0.15, 0.2) is 12.4 Å². The lowest BCUT2D eigenvalue weighted by molar-refractivity contribution is -0.605. The lowest BCUT2D eigenvalue weighted by Crippen LogP contribution is -2.38. The average molecular weight is 348 g/mol. The number of benzene rings is 1. The average Bonchev–Trinajstić information content (AvgIpc) is 2.60. The van der Waals surface area contributed by atoms with Crippen molar-refractivity contribution < 1.29 is 9.52 Å². The van der Waals surface area contributed by atoms with Gasteiger partial charge in [-0.1, -0.05) is 43.6 Å². The Morgan fingerprint density at radius 1 is 1.21 bits per heavy atom. The maximum absolute atomic E-state index is 12.3. The molecule has 2 rings (SSSR count). The molecule has 2 aromatic rings. The largest absolute Gasteiger partial charge is 0.619 e. The predicted octanol–water partition coefficient (Wildman–Crippen LogP) is 2.79. The fourth-order valence-electron chi connectivity index (χ4n) is 2.70. The maximum atomic E-state index is 12.3. The van der Waals surface area contributed by atoms with E-state index in [0.717, 1.165) is 18.7 Å². The predicted molar refractivity (Wildman–Crippen MR) is 94.8 cm³/mol. The van der Waals surface area contributed by atoms with E-state index >= 15 is 0 Å². The molecule has 1 atom stereocenters. The minimum Gasteiger partial charge on any atom is -0.619 e. The first-order chi connectivity index (χ1) is 11.6. The van der Waals surface area contributed by atoms with Gasteiger partial charge < -0.3 is 10.5 Å².